The highest BCUT2D eigenvalue weighted by Gasteiger charge is 2.34. The molecule has 0 saturated heterocycles. The maximum atomic E-state index is 10.0. The van der Waals surface area contributed by atoms with E-state index in [1.54, 1.807) is 13.8 Å². The monoisotopic (exact) mass is 273 g/mol. The molecule has 0 aromatic heterocycles. The summed E-state index contributed by atoms with van der Waals surface area (Å²) in [7, 11) is 0. The molecule has 0 bridgehead atoms. The quantitative estimate of drug-likeness (QED) is 0.662. The summed E-state index contributed by atoms with van der Waals surface area (Å²) in [4.78, 5) is 0. The van der Waals surface area contributed by atoms with Gasteiger partial charge < -0.3 is 20.3 Å². The maximum Gasteiger partial charge on any atom is 0.0898 e. The molecule has 1 fully saturated rings. The van der Waals surface area contributed by atoms with Crippen LogP contribution in [0.2, 0.25) is 0 Å². The van der Waals surface area contributed by atoms with Gasteiger partial charge in [-0.1, -0.05) is 19.3 Å². The van der Waals surface area contributed by atoms with Crippen molar-refractivity contribution in [2.75, 3.05) is 13.2 Å². The first-order valence-electron chi connectivity index (χ1n) is 7.49. The number of rotatable bonds is 7. The molecule has 1 aliphatic carbocycles. The van der Waals surface area contributed by atoms with Crippen molar-refractivity contribution in [2.24, 2.45) is 0 Å². The lowest BCUT2D eigenvalue weighted by atomic mass is 9.86. The Balaban J connectivity index is 2.22. The molecule has 0 spiro atoms. The minimum absolute atomic E-state index is 0.325. The summed E-state index contributed by atoms with van der Waals surface area (Å²) >= 11 is 0. The number of aliphatic hydroxyl groups excluding tert-OH is 1. The predicted molar refractivity (Wildman–Crippen MR) is 77.2 cm³/mol. The van der Waals surface area contributed by atoms with Gasteiger partial charge in [0.25, 0.3) is 0 Å². The van der Waals surface area contributed by atoms with Crippen LogP contribution < -0.4 is 5.32 Å². The van der Waals surface area contributed by atoms with Gasteiger partial charge in [-0.2, -0.15) is 0 Å². The molecule has 0 aromatic carbocycles. The van der Waals surface area contributed by atoms with Crippen molar-refractivity contribution >= 4 is 0 Å². The molecule has 3 N–H and O–H groups in total. The second-order valence-electron chi connectivity index (χ2n) is 6.81. The summed E-state index contributed by atoms with van der Waals surface area (Å²) in [6.07, 6.45) is 5.83. The fourth-order valence-corrected chi connectivity index (χ4v) is 2.13. The van der Waals surface area contributed by atoms with Crippen LogP contribution in [0.15, 0.2) is 0 Å². The summed E-state index contributed by atoms with van der Waals surface area (Å²) in [5.74, 6) is 0. The van der Waals surface area contributed by atoms with Gasteiger partial charge in [0, 0.05) is 12.1 Å². The van der Waals surface area contributed by atoms with E-state index in [0.717, 1.165) is 12.8 Å². The van der Waals surface area contributed by atoms with Crippen molar-refractivity contribution in [3.05, 3.63) is 0 Å². The van der Waals surface area contributed by atoms with Crippen LogP contribution in [0.3, 0.4) is 0 Å². The molecule has 0 amide bonds. The van der Waals surface area contributed by atoms with Crippen LogP contribution >= 0.6 is 0 Å². The van der Waals surface area contributed by atoms with Gasteiger partial charge in [-0.15, -0.1) is 0 Å². The Morgan fingerprint density at radius 1 is 1.16 bits per heavy atom. The lowest BCUT2D eigenvalue weighted by Crippen LogP contribution is -2.57. The van der Waals surface area contributed by atoms with Crippen LogP contribution in [0.4, 0.5) is 0 Å². The molecular formula is C15H31NO3. The molecule has 4 nitrogen and oxygen atoms in total. The largest absolute Gasteiger partial charge is 0.389 e. The van der Waals surface area contributed by atoms with Gasteiger partial charge >= 0.3 is 0 Å². The Hall–Kier alpha value is -0.160. The maximum absolute atomic E-state index is 10.0. The summed E-state index contributed by atoms with van der Waals surface area (Å²) in [6, 6.07) is 0. The summed E-state index contributed by atoms with van der Waals surface area (Å²) in [5.41, 5.74) is -1.28. The van der Waals surface area contributed by atoms with Gasteiger partial charge in [-0.3, -0.25) is 0 Å². The molecule has 1 aliphatic rings. The number of aliphatic hydroxyl groups is 2. The van der Waals surface area contributed by atoms with E-state index in [-0.39, 0.29) is 0 Å². The van der Waals surface area contributed by atoms with Crippen LogP contribution in [0, 0.1) is 0 Å². The molecule has 1 rings (SSSR count). The zero-order valence-corrected chi connectivity index (χ0v) is 12.9. The molecule has 1 saturated carbocycles. The van der Waals surface area contributed by atoms with Gasteiger partial charge in [0.05, 0.1) is 24.4 Å². The molecule has 0 radical (unpaired) electrons. The van der Waals surface area contributed by atoms with E-state index < -0.39 is 17.2 Å². The Labute approximate surface area is 117 Å². The highest BCUT2D eigenvalue weighted by molar-refractivity contribution is 4.93. The van der Waals surface area contributed by atoms with E-state index in [2.05, 4.69) is 5.32 Å². The van der Waals surface area contributed by atoms with E-state index in [1.165, 1.54) is 19.3 Å². The minimum Gasteiger partial charge on any atom is -0.389 e. The van der Waals surface area contributed by atoms with E-state index in [0.29, 0.717) is 19.3 Å². The standard InChI is InChI=1S/C15H31NO3/c1-14(2,15(3,4)18)16-10-12(17)11-19-13-8-6-5-7-9-13/h12-13,16-18H,5-11H2,1-4H3. The van der Waals surface area contributed by atoms with Crippen LogP contribution in [-0.4, -0.2) is 46.7 Å². The smallest absolute Gasteiger partial charge is 0.0898 e. The summed E-state index contributed by atoms with van der Waals surface area (Å²) < 4.78 is 5.74. The van der Waals surface area contributed by atoms with Gasteiger partial charge in [0.1, 0.15) is 0 Å². The van der Waals surface area contributed by atoms with E-state index >= 15 is 0 Å². The minimum atomic E-state index is -0.836. The van der Waals surface area contributed by atoms with Crippen molar-refractivity contribution in [1.82, 2.24) is 5.32 Å². The first kappa shape index (κ1) is 16.9. The normalized spacial score (nSPS) is 20.5. The van der Waals surface area contributed by atoms with Gasteiger partial charge in [0.2, 0.25) is 0 Å². The van der Waals surface area contributed by atoms with Crippen molar-refractivity contribution in [2.45, 2.75) is 83.1 Å². The zero-order chi connectivity index (χ0) is 14.5. The zero-order valence-electron chi connectivity index (χ0n) is 12.9. The molecule has 19 heavy (non-hydrogen) atoms. The van der Waals surface area contributed by atoms with Crippen LogP contribution in [0.25, 0.3) is 0 Å². The van der Waals surface area contributed by atoms with Crippen molar-refractivity contribution in [1.29, 1.82) is 0 Å². The third-order valence-corrected chi connectivity index (χ3v) is 4.39. The highest BCUT2D eigenvalue weighted by Crippen LogP contribution is 2.21. The highest BCUT2D eigenvalue weighted by atomic mass is 16.5. The van der Waals surface area contributed by atoms with E-state index in [1.807, 2.05) is 13.8 Å². The molecule has 0 heterocycles. The second kappa shape index (κ2) is 7.02. The number of ether oxygens (including phenoxy) is 1. The molecule has 1 atom stereocenters. The Morgan fingerprint density at radius 2 is 1.74 bits per heavy atom. The lowest BCUT2D eigenvalue weighted by molar-refractivity contribution is -0.0373. The van der Waals surface area contributed by atoms with Gasteiger partial charge in [-0.25, -0.2) is 0 Å². The molecule has 1 unspecified atom stereocenters. The topological polar surface area (TPSA) is 61.7 Å². The van der Waals surface area contributed by atoms with Gasteiger partial charge in [0.15, 0.2) is 0 Å². The molecule has 0 aromatic rings. The average Bonchev–Trinajstić information content (AvgIpc) is 2.34. The molecule has 4 heteroatoms. The van der Waals surface area contributed by atoms with Crippen molar-refractivity contribution in [3.8, 4) is 0 Å². The Bertz CT molecular complexity index is 255. The van der Waals surface area contributed by atoms with E-state index in [4.69, 9.17) is 4.74 Å². The number of hydrogen-bond acceptors (Lipinski definition) is 4. The number of hydrogen-bond donors (Lipinski definition) is 3. The second-order valence-corrected chi connectivity index (χ2v) is 6.81. The predicted octanol–water partition coefficient (Wildman–Crippen LogP) is 1.84. The summed E-state index contributed by atoms with van der Waals surface area (Å²) in [5, 5.41) is 23.2. The first-order chi connectivity index (χ1) is 8.72. The Morgan fingerprint density at radius 3 is 2.26 bits per heavy atom. The first-order valence-corrected chi connectivity index (χ1v) is 7.49. The summed E-state index contributed by atoms with van der Waals surface area (Å²) in [6.45, 7) is 8.21. The fraction of sp³-hybridized carbons (Fsp3) is 1.00. The number of nitrogens with one attached hydrogen (secondary N) is 1. The molecule has 114 valence electrons. The van der Waals surface area contributed by atoms with Crippen LogP contribution in [-0.2, 0) is 4.74 Å². The fourth-order valence-electron chi connectivity index (χ4n) is 2.13. The van der Waals surface area contributed by atoms with Crippen LogP contribution in [0.5, 0.6) is 0 Å². The van der Waals surface area contributed by atoms with Gasteiger partial charge in [-0.05, 0) is 40.5 Å². The molecular weight excluding hydrogens is 242 g/mol. The van der Waals surface area contributed by atoms with Crippen molar-refractivity contribution in [3.63, 3.8) is 0 Å². The third-order valence-electron chi connectivity index (χ3n) is 4.39. The Kier molecular flexibility index (Phi) is 6.24. The lowest BCUT2D eigenvalue weighted by Gasteiger charge is -2.38. The van der Waals surface area contributed by atoms with E-state index in [9.17, 15) is 10.2 Å². The van der Waals surface area contributed by atoms with Crippen molar-refractivity contribution < 1.29 is 14.9 Å². The van der Waals surface area contributed by atoms with Crippen LogP contribution in [0.1, 0.15) is 59.8 Å². The average molecular weight is 273 g/mol. The third kappa shape index (κ3) is 5.78. The SMILES string of the molecule is CC(C)(O)C(C)(C)NCC(O)COC1CCCCC1. The molecule has 0 aliphatic heterocycles. The number of β-amino-alcohol motifs (C(OH)–C–C–N with tert-alkyl or cyclic N) is 1.